The van der Waals surface area contributed by atoms with E-state index in [1.54, 1.807) is 12.1 Å². The Hall–Kier alpha value is -1.65. The fourth-order valence-electron chi connectivity index (χ4n) is 0.844. The van der Waals surface area contributed by atoms with Crippen molar-refractivity contribution in [1.29, 1.82) is 0 Å². The summed E-state index contributed by atoms with van der Waals surface area (Å²) in [5, 5.41) is 0. The van der Waals surface area contributed by atoms with Gasteiger partial charge in [-0.3, -0.25) is 0 Å². The number of hydrogen-bond donors (Lipinski definition) is 0. The summed E-state index contributed by atoms with van der Waals surface area (Å²) in [6.45, 7) is 0. The van der Waals surface area contributed by atoms with Crippen LogP contribution in [0.15, 0.2) is 36.6 Å². The molecule has 0 aromatic heterocycles. The first-order valence-electron chi connectivity index (χ1n) is 4.06. The first-order valence-corrected chi connectivity index (χ1v) is 4.06. The van der Waals surface area contributed by atoms with Crippen molar-refractivity contribution in [2.24, 2.45) is 0 Å². The van der Waals surface area contributed by atoms with Crippen LogP contribution in [0.25, 0.3) is 0 Å². The number of ether oxygens (including phenoxy) is 2. The van der Waals surface area contributed by atoms with Gasteiger partial charge in [0.1, 0.15) is 11.5 Å². The van der Waals surface area contributed by atoms with Gasteiger partial charge in [0.05, 0.1) is 19.4 Å². The van der Waals surface area contributed by atoms with Crippen LogP contribution in [0.5, 0.6) is 11.5 Å². The lowest BCUT2D eigenvalue weighted by atomic mass is 10.3. The molecule has 2 nitrogen and oxygen atoms in total. The third kappa shape index (κ3) is 4.39. The monoisotopic (exact) mass is 218 g/mol. The van der Waals surface area contributed by atoms with Crippen molar-refractivity contribution in [2.45, 2.75) is 6.18 Å². The van der Waals surface area contributed by atoms with Crippen molar-refractivity contribution in [1.82, 2.24) is 0 Å². The minimum atomic E-state index is -4.35. The molecule has 82 valence electrons. The quantitative estimate of drug-likeness (QED) is 0.725. The van der Waals surface area contributed by atoms with Gasteiger partial charge in [0, 0.05) is 0 Å². The molecule has 0 spiro atoms. The number of methoxy groups -OCH3 is 1. The van der Waals surface area contributed by atoms with Gasteiger partial charge >= 0.3 is 6.18 Å². The molecule has 1 rings (SSSR count). The fourth-order valence-corrected chi connectivity index (χ4v) is 0.844. The van der Waals surface area contributed by atoms with Crippen LogP contribution < -0.4 is 9.47 Å². The van der Waals surface area contributed by atoms with E-state index < -0.39 is 6.18 Å². The molecule has 0 aliphatic rings. The molecule has 0 aliphatic heterocycles. The van der Waals surface area contributed by atoms with Crippen LogP contribution in [0.3, 0.4) is 0 Å². The maximum atomic E-state index is 11.7. The molecule has 0 radical (unpaired) electrons. The average Bonchev–Trinajstić information content (AvgIpc) is 2.17. The molecule has 0 amide bonds. The molecule has 0 saturated carbocycles. The Balaban J connectivity index is 2.55. The maximum absolute atomic E-state index is 11.7. The highest BCUT2D eigenvalue weighted by Crippen LogP contribution is 2.19. The molecule has 1 aromatic rings. The molecule has 0 bridgehead atoms. The topological polar surface area (TPSA) is 18.5 Å². The Bertz CT molecular complexity index is 328. The van der Waals surface area contributed by atoms with E-state index in [4.69, 9.17) is 9.47 Å². The molecule has 0 unspecified atom stereocenters. The Morgan fingerprint density at radius 2 is 1.60 bits per heavy atom. The van der Waals surface area contributed by atoms with E-state index in [2.05, 4.69) is 0 Å². The lowest BCUT2D eigenvalue weighted by Gasteiger charge is -2.02. The highest BCUT2D eigenvalue weighted by atomic mass is 19.4. The Morgan fingerprint density at radius 3 is 2.07 bits per heavy atom. The van der Waals surface area contributed by atoms with Gasteiger partial charge < -0.3 is 9.47 Å². The third-order valence-electron chi connectivity index (χ3n) is 1.52. The number of hydrogen-bond acceptors (Lipinski definition) is 2. The Kier molecular flexibility index (Phi) is 3.60. The van der Waals surface area contributed by atoms with Gasteiger partial charge in [-0.15, -0.1) is 0 Å². The van der Waals surface area contributed by atoms with E-state index in [0.717, 1.165) is 0 Å². The van der Waals surface area contributed by atoms with Crippen molar-refractivity contribution in [3.8, 4) is 11.5 Å². The van der Waals surface area contributed by atoms with Crippen LogP contribution in [-0.2, 0) is 0 Å². The largest absolute Gasteiger partial charge is 0.497 e. The van der Waals surface area contributed by atoms with Gasteiger partial charge in [0.25, 0.3) is 0 Å². The van der Waals surface area contributed by atoms with Gasteiger partial charge in [-0.1, -0.05) is 0 Å². The van der Waals surface area contributed by atoms with Crippen LogP contribution in [0.4, 0.5) is 13.2 Å². The number of allylic oxidation sites excluding steroid dienone is 1. The summed E-state index contributed by atoms with van der Waals surface area (Å²) in [6, 6.07) is 6.21. The maximum Gasteiger partial charge on any atom is 0.412 e. The van der Waals surface area contributed by atoms with Gasteiger partial charge in [-0.2, -0.15) is 13.2 Å². The van der Waals surface area contributed by atoms with Crippen LogP contribution in [-0.4, -0.2) is 13.3 Å². The number of benzene rings is 1. The second-order valence-corrected chi connectivity index (χ2v) is 2.64. The first kappa shape index (κ1) is 11.4. The zero-order chi connectivity index (χ0) is 11.3. The predicted octanol–water partition coefficient (Wildman–Crippen LogP) is 3.15. The van der Waals surface area contributed by atoms with Gasteiger partial charge in [0.15, 0.2) is 0 Å². The smallest absolute Gasteiger partial charge is 0.412 e. The minimum Gasteiger partial charge on any atom is -0.497 e. The van der Waals surface area contributed by atoms with Gasteiger partial charge in [0.2, 0.25) is 0 Å². The van der Waals surface area contributed by atoms with E-state index in [9.17, 15) is 13.2 Å². The molecule has 0 heterocycles. The summed E-state index contributed by atoms with van der Waals surface area (Å²) in [5.41, 5.74) is 0. The van der Waals surface area contributed by atoms with E-state index in [1.807, 2.05) is 0 Å². The number of halogens is 3. The molecule has 0 fully saturated rings. The standard InChI is InChI=1S/C10H9F3O2/c1-14-8-2-4-9(5-3-8)15-7-6-10(11,12)13/h2-7H,1H3/b7-6+. The summed E-state index contributed by atoms with van der Waals surface area (Å²) in [4.78, 5) is 0. The molecule has 15 heavy (non-hydrogen) atoms. The Morgan fingerprint density at radius 1 is 1.07 bits per heavy atom. The van der Waals surface area contributed by atoms with Crippen molar-refractivity contribution in [3.63, 3.8) is 0 Å². The molecular weight excluding hydrogens is 209 g/mol. The SMILES string of the molecule is COc1ccc(O/C=C/C(F)(F)F)cc1. The van der Waals surface area contributed by atoms with Crippen LogP contribution in [0.2, 0.25) is 0 Å². The molecular formula is C10H9F3O2. The molecule has 0 atom stereocenters. The van der Waals surface area contributed by atoms with Crippen LogP contribution in [0, 0.1) is 0 Å². The summed E-state index contributed by atoms with van der Waals surface area (Å²) in [6.07, 6.45) is -3.73. The summed E-state index contributed by atoms with van der Waals surface area (Å²) >= 11 is 0. The lowest BCUT2D eigenvalue weighted by Crippen LogP contribution is -2.01. The second-order valence-electron chi connectivity index (χ2n) is 2.64. The molecule has 0 N–H and O–H groups in total. The van der Waals surface area contributed by atoms with E-state index in [1.165, 1.54) is 19.2 Å². The van der Waals surface area contributed by atoms with Crippen molar-refractivity contribution in [3.05, 3.63) is 36.6 Å². The fraction of sp³-hybridized carbons (Fsp3) is 0.200. The summed E-state index contributed by atoms with van der Waals surface area (Å²) in [7, 11) is 1.50. The molecule has 0 aliphatic carbocycles. The molecule has 5 heteroatoms. The number of rotatable bonds is 3. The van der Waals surface area contributed by atoms with E-state index in [0.29, 0.717) is 17.8 Å². The van der Waals surface area contributed by atoms with Crippen molar-refractivity contribution in [2.75, 3.05) is 7.11 Å². The summed E-state index contributed by atoms with van der Waals surface area (Å²) in [5.74, 6) is 0.929. The normalized spacial score (nSPS) is 11.7. The minimum absolute atomic E-state index is 0.0250. The van der Waals surface area contributed by atoms with Crippen molar-refractivity contribution >= 4 is 0 Å². The Labute approximate surface area is 84.9 Å². The zero-order valence-electron chi connectivity index (χ0n) is 7.91. The average molecular weight is 218 g/mol. The van der Waals surface area contributed by atoms with Crippen LogP contribution >= 0.6 is 0 Å². The summed E-state index contributed by atoms with van der Waals surface area (Å²) < 4.78 is 44.7. The lowest BCUT2D eigenvalue weighted by molar-refractivity contribution is -0.0809. The highest BCUT2D eigenvalue weighted by molar-refractivity contribution is 5.31. The highest BCUT2D eigenvalue weighted by Gasteiger charge is 2.22. The zero-order valence-corrected chi connectivity index (χ0v) is 7.91. The van der Waals surface area contributed by atoms with Gasteiger partial charge in [-0.25, -0.2) is 0 Å². The van der Waals surface area contributed by atoms with E-state index >= 15 is 0 Å². The van der Waals surface area contributed by atoms with Crippen molar-refractivity contribution < 1.29 is 22.6 Å². The predicted molar refractivity (Wildman–Crippen MR) is 48.8 cm³/mol. The number of alkyl halides is 3. The van der Waals surface area contributed by atoms with E-state index in [-0.39, 0.29) is 6.08 Å². The second kappa shape index (κ2) is 4.72. The molecule has 0 saturated heterocycles. The molecule has 1 aromatic carbocycles. The first-order chi connectivity index (χ1) is 7.01. The van der Waals surface area contributed by atoms with Crippen LogP contribution in [0.1, 0.15) is 0 Å². The third-order valence-corrected chi connectivity index (χ3v) is 1.52. The van der Waals surface area contributed by atoms with Gasteiger partial charge in [-0.05, 0) is 24.3 Å².